The van der Waals surface area contributed by atoms with Crippen molar-refractivity contribution in [3.63, 3.8) is 0 Å². The largest absolute Gasteiger partial charge is 0.351 e. The predicted octanol–water partition coefficient (Wildman–Crippen LogP) is 1.97. The number of hydrogen-bond acceptors (Lipinski definition) is 5. The molecule has 0 amide bonds. The average Bonchev–Trinajstić information content (AvgIpc) is 2.84. The number of anilines is 1. The van der Waals surface area contributed by atoms with Crippen LogP contribution in [0.2, 0.25) is 0 Å². The molecule has 1 aromatic rings. The summed E-state index contributed by atoms with van der Waals surface area (Å²) in [7, 11) is 0. The third-order valence-electron chi connectivity index (χ3n) is 4.50. The van der Waals surface area contributed by atoms with E-state index in [2.05, 4.69) is 21.7 Å². The summed E-state index contributed by atoms with van der Waals surface area (Å²) in [5.74, 6) is 0.868. The fourth-order valence-electron chi connectivity index (χ4n) is 3.39. The van der Waals surface area contributed by atoms with E-state index in [0.717, 1.165) is 18.9 Å². The lowest BCUT2D eigenvalue weighted by Gasteiger charge is -2.43. The van der Waals surface area contributed by atoms with E-state index in [0.29, 0.717) is 17.6 Å². The van der Waals surface area contributed by atoms with Gasteiger partial charge in [-0.1, -0.05) is 0 Å². The maximum atomic E-state index is 10.9. The first-order chi connectivity index (χ1) is 9.56. The van der Waals surface area contributed by atoms with Gasteiger partial charge in [-0.05, 0) is 39.3 Å². The van der Waals surface area contributed by atoms with Gasteiger partial charge in [-0.25, -0.2) is 4.98 Å². The Labute approximate surface area is 118 Å². The minimum Gasteiger partial charge on any atom is -0.351 e. The van der Waals surface area contributed by atoms with Gasteiger partial charge < -0.3 is 4.90 Å². The van der Waals surface area contributed by atoms with E-state index >= 15 is 0 Å². The lowest BCUT2D eigenvalue weighted by Crippen LogP contribution is -2.55. The van der Waals surface area contributed by atoms with Gasteiger partial charge >= 0.3 is 0 Å². The summed E-state index contributed by atoms with van der Waals surface area (Å²) < 4.78 is 0. The molecule has 2 aliphatic rings. The Balaban J connectivity index is 1.85. The first kappa shape index (κ1) is 13.3. The van der Waals surface area contributed by atoms with Crippen LogP contribution in [-0.2, 0) is 0 Å². The topological polar surface area (TPSA) is 62.5 Å². The van der Waals surface area contributed by atoms with Crippen LogP contribution in [0.3, 0.4) is 0 Å². The Morgan fingerprint density at radius 3 is 2.95 bits per heavy atom. The summed E-state index contributed by atoms with van der Waals surface area (Å²) in [6.07, 6.45) is 3.91. The van der Waals surface area contributed by atoms with Crippen molar-refractivity contribution in [3.05, 3.63) is 27.9 Å². The van der Waals surface area contributed by atoms with E-state index < -0.39 is 0 Å². The quantitative estimate of drug-likeness (QED) is 0.610. The number of hydrogen-bond donors (Lipinski definition) is 0. The van der Waals surface area contributed by atoms with Crippen molar-refractivity contribution in [2.45, 2.75) is 38.8 Å². The van der Waals surface area contributed by atoms with Crippen molar-refractivity contribution in [2.75, 3.05) is 24.5 Å². The molecule has 0 radical (unpaired) electrons. The molecule has 0 aromatic carbocycles. The number of fused-ring (bicyclic) bond motifs is 1. The van der Waals surface area contributed by atoms with Crippen LogP contribution in [0.4, 0.5) is 11.5 Å². The first-order valence-electron chi connectivity index (χ1n) is 7.18. The second kappa shape index (κ2) is 5.01. The van der Waals surface area contributed by atoms with Crippen LogP contribution in [0.1, 0.15) is 25.3 Å². The smallest absolute Gasteiger partial charge is 0.290 e. The van der Waals surface area contributed by atoms with Gasteiger partial charge in [0.05, 0.1) is 4.92 Å². The van der Waals surface area contributed by atoms with Crippen molar-refractivity contribution in [3.8, 4) is 0 Å². The highest BCUT2D eigenvalue weighted by Gasteiger charge is 2.35. The van der Waals surface area contributed by atoms with Crippen molar-refractivity contribution in [2.24, 2.45) is 0 Å². The molecule has 6 nitrogen and oxygen atoms in total. The fourth-order valence-corrected chi connectivity index (χ4v) is 3.39. The molecule has 3 rings (SSSR count). The lowest BCUT2D eigenvalue weighted by molar-refractivity contribution is -0.385. The molecule has 2 unspecified atom stereocenters. The normalized spacial score (nSPS) is 26.6. The average molecular weight is 276 g/mol. The van der Waals surface area contributed by atoms with Crippen molar-refractivity contribution < 1.29 is 4.92 Å². The molecule has 0 bridgehead atoms. The molecular weight excluding hydrogens is 256 g/mol. The van der Waals surface area contributed by atoms with E-state index in [9.17, 15) is 10.1 Å². The standard InChI is InChI=1S/C14H20N4O2/c1-10-6-14(15-7-13(10)18(19)20)17-9-12-4-3-5-16(12)8-11(17)2/h6-7,11-12H,3-5,8-9H2,1-2H3. The summed E-state index contributed by atoms with van der Waals surface area (Å²) >= 11 is 0. The molecule has 0 N–H and O–H groups in total. The number of pyridine rings is 1. The Morgan fingerprint density at radius 2 is 2.25 bits per heavy atom. The second-order valence-electron chi connectivity index (χ2n) is 5.88. The van der Waals surface area contributed by atoms with Crippen LogP contribution in [0, 0.1) is 17.0 Å². The van der Waals surface area contributed by atoms with E-state index in [-0.39, 0.29) is 10.6 Å². The van der Waals surface area contributed by atoms with Gasteiger partial charge in [0.2, 0.25) is 0 Å². The molecule has 2 aliphatic heterocycles. The highest BCUT2D eigenvalue weighted by molar-refractivity contribution is 5.49. The summed E-state index contributed by atoms with van der Waals surface area (Å²) in [6.45, 7) is 7.22. The van der Waals surface area contributed by atoms with E-state index in [1.165, 1.54) is 25.6 Å². The Kier molecular flexibility index (Phi) is 3.33. The van der Waals surface area contributed by atoms with Crippen molar-refractivity contribution in [1.29, 1.82) is 0 Å². The summed E-state index contributed by atoms with van der Waals surface area (Å²) in [5.41, 5.74) is 0.780. The van der Waals surface area contributed by atoms with Crippen LogP contribution < -0.4 is 4.90 Å². The minimum absolute atomic E-state index is 0.0981. The second-order valence-corrected chi connectivity index (χ2v) is 5.88. The zero-order valence-corrected chi connectivity index (χ0v) is 12.0. The number of nitrogens with zero attached hydrogens (tertiary/aromatic N) is 4. The zero-order valence-electron chi connectivity index (χ0n) is 12.0. The van der Waals surface area contributed by atoms with Crippen LogP contribution in [-0.4, -0.2) is 46.5 Å². The number of piperazine rings is 1. The monoisotopic (exact) mass is 276 g/mol. The fraction of sp³-hybridized carbons (Fsp3) is 0.643. The predicted molar refractivity (Wildman–Crippen MR) is 77.0 cm³/mol. The number of aromatic nitrogens is 1. The highest BCUT2D eigenvalue weighted by Crippen LogP contribution is 2.29. The van der Waals surface area contributed by atoms with Gasteiger partial charge in [-0.2, -0.15) is 0 Å². The van der Waals surface area contributed by atoms with Crippen LogP contribution in [0.5, 0.6) is 0 Å². The van der Waals surface area contributed by atoms with Gasteiger partial charge in [0.1, 0.15) is 12.0 Å². The number of rotatable bonds is 2. The molecule has 0 spiro atoms. The van der Waals surface area contributed by atoms with Gasteiger partial charge in [-0.15, -0.1) is 0 Å². The van der Waals surface area contributed by atoms with E-state index in [1.54, 1.807) is 6.92 Å². The van der Waals surface area contributed by atoms with Gasteiger partial charge in [0.15, 0.2) is 0 Å². The molecule has 6 heteroatoms. The first-order valence-corrected chi connectivity index (χ1v) is 7.18. The lowest BCUT2D eigenvalue weighted by atomic mass is 10.1. The number of aryl methyl sites for hydroxylation is 1. The Morgan fingerprint density at radius 1 is 1.45 bits per heavy atom. The van der Waals surface area contributed by atoms with Gasteiger partial charge in [0, 0.05) is 30.7 Å². The third kappa shape index (κ3) is 2.24. The number of nitro groups is 1. The molecular formula is C14H20N4O2. The maximum Gasteiger partial charge on any atom is 0.290 e. The molecule has 1 aromatic heterocycles. The van der Waals surface area contributed by atoms with Gasteiger partial charge in [0.25, 0.3) is 5.69 Å². The SMILES string of the molecule is Cc1cc(N2CC3CCCN3CC2C)ncc1[N+](=O)[O-]. The third-order valence-corrected chi connectivity index (χ3v) is 4.50. The van der Waals surface area contributed by atoms with Crippen LogP contribution >= 0.6 is 0 Å². The Hall–Kier alpha value is -1.69. The molecule has 0 aliphatic carbocycles. The molecule has 2 fully saturated rings. The van der Waals surface area contributed by atoms with Gasteiger partial charge in [-0.3, -0.25) is 15.0 Å². The molecule has 108 valence electrons. The molecule has 2 saturated heterocycles. The summed E-state index contributed by atoms with van der Waals surface area (Å²) in [4.78, 5) is 19.7. The van der Waals surface area contributed by atoms with E-state index in [1.807, 2.05) is 6.07 Å². The molecule has 0 saturated carbocycles. The van der Waals surface area contributed by atoms with E-state index in [4.69, 9.17) is 0 Å². The highest BCUT2D eigenvalue weighted by atomic mass is 16.6. The zero-order chi connectivity index (χ0) is 14.3. The van der Waals surface area contributed by atoms with Crippen LogP contribution in [0.25, 0.3) is 0 Å². The molecule has 20 heavy (non-hydrogen) atoms. The molecule has 3 heterocycles. The Bertz CT molecular complexity index is 534. The maximum absolute atomic E-state index is 10.9. The van der Waals surface area contributed by atoms with Crippen LogP contribution in [0.15, 0.2) is 12.3 Å². The van der Waals surface area contributed by atoms with Crippen molar-refractivity contribution in [1.82, 2.24) is 9.88 Å². The minimum atomic E-state index is -0.371. The summed E-state index contributed by atoms with van der Waals surface area (Å²) in [6, 6.07) is 2.86. The summed E-state index contributed by atoms with van der Waals surface area (Å²) in [5, 5.41) is 10.9. The molecule has 2 atom stereocenters. The van der Waals surface area contributed by atoms with Crippen molar-refractivity contribution >= 4 is 11.5 Å².